The number of piperidine rings is 1. The maximum atomic E-state index is 13.2. The summed E-state index contributed by atoms with van der Waals surface area (Å²) in [5, 5.41) is 0. The van der Waals surface area contributed by atoms with Crippen molar-refractivity contribution in [1.29, 1.82) is 0 Å². The number of aryl methyl sites for hydroxylation is 1. The Morgan fingerprint density at radius 3 is 2.74 bits per heavy atom. The lowest BCUT2D eigenvalue weighted by Gasteiger charge is -2.47. The average Bonchev–Trinajstić information content (AvgIpc) is 2.67. The number of nitrogens with zero attached hydrogens (tertiary/aromatic N) is 3. The van der Waals surface area contributed by atoms with Crippen LogP contribution in [0.5, 0.6) is 0 Å². The number of benzene rings is 1. The Kier molecular flexibility index (Phi) is 4.93. The highest BCUT2D eigenvalue weighted by Crippen LogP contribution is 2.32. The number of likely N-dealkylation sites (tertiary alicyclic amines) is 1. The van der Waals surface area contributed by atoms with Gasteiger partial charge in [0.15, 0.2) is 0 Å². The molecule has 6 heteroatoms. The lowest BCUT2D eigenvalue weighted by molar-refractivity contribution is -0.146. The van der Waals surface area contributed by atoms with Crippen molar-refractivity contribution in [2.45, 2.75) is 31.9 Å². The predicted octanol–water partition coefficient (Wildman–Crippen LogP) is 2.93. The minimum absolute atomic E-state index is 0.0635. The predicted molar refractivity (Wildman–Crippen MR) is 101 cm³/mol. The molecule has 5 nitrogen and oxygen atoms in total. The van der Waals surface area contributed by atoms with Crippen LogP contribution in [0.3, 0.4) is 0 Å². The summed E-state index contributed by atoms with van der Waals surface area (Å²) >= 11 is 0. The van der Waals surface area contributed by atoms with Gasteiger partial charge in [-0.2, -0.15) is 0 Å². The van der Waals surface area contributed by atoms with E-state index in [1.54, 1.807) is 17.0 Å². The SMILES string of the molecule is Cc1ccc(CN2CCCC3(C2)CN(c2ccc(F)cc2)C(=O)CO3)nc1. The van der Waals surface area contributed by atoms with Crippen molar-refractivity contribution in [1.82, 2.24) is 9.88 Å². The highest BCUT2D eigenvalue weighted by atomic mass is 19.1. The summed E-state index contributed by atoms with van der Waals surface area (Å²) in [4.78, 5) is 21.0. The van der Waals surface area contributed by atoms with Gasteiger partial charge < -0.3 is 9.64 Å². The highest BCUT2D eigenvalue weighted by Gasteiger charge is 2.43. The topological polar surface area (TPSA) is 45.7 Å². The van der Waals surface area contributed by atoms with E-state index in [1.807, 2.05) is 13.1 Å². The van der Waals surface area contributed by atoms with Crippen molar-refractivity contribution >= 4 is 11.6 Å². The molecule has 0 aliphatic carbocycles. The van der Waals surface area contributed by atoms with E-state index in [9.17, 15) is 9.18 Å². The molecule has 2 saturated heterocycles. The molecule has 2 aliphatic rings. The molecule has 1 unspecified atom stereocenters. The van der Waals surface area contributed by atoms with Crippen LogP contribution in [0.2, 0.25) is 0 Å². The van der Waals surface area contributed by atoms with Crippen LogP contribution in [0.25, 0.3) is 0 Å². The van der Waals surface area contributed by atoms with Crippen molar-refractivity contribution < 1.29 is 13.9 Å². The van der Waals surface area contributed by atoms with Gasteiger partial charge >= 0.3 is 0 Å². The lowest BCUT2D eigenvalue weighted by atomic mass is 9.90. The third kappa shape index (κ3) is 4.01. The molecule has 1 aromatic heterocycles. The number of halogens is 1. The fraction of sp³-hybridized carbons (Fsp3) is 0.429. The van der Waals surface area contributed by atoms with Crippen LogP contribution >= 0.6 is 0 Å². The number of morpholine rings is 1. The van der Waals surface area contributed by atoms with Crippen molar-refractivity contribution in [2.75, 3.05) is 31.1 Å². The third-order valence-corrected chi connectivity index (χ3v) is 5.36. The molecule has 0 bridgehead atoms. The Hall–Kier alpha value is -2.31. The standard InChI is InChI=1S/C21H24FN3O2/c1-16-3-6-18(23-11-16)12-24-10-2-9-21(14-24)15-25(20(26)13-27-21)19-7-4-17(22)5-8-19/h3-8,11H,2,9-10,12-15H2,1H3. The van der Waals surface area contributed by atoms with E-state index in [0.29, 0.717) is 6.54 Å². The minimum Gasteiger partial charge on any atom is -0.362 e. The molecule has 142 valence electrons. The van der Waals surface area contributed by atoms with Crippen molar-refractivity contribution in [2.24, 2.45) is 0 Å². The average molecular weight is 369 g/mol. The fourth-order valence-corrected chi connectivity index (χ4v) is 3.96. The molecule has 1 spiro atoms. The quantitative estimate of drug-likeness (QED) is 0.835. The van der Waals surface area contributed by atoms with Crippen molar-refractivity contribution in [3.8, 4) is 0 Å². The zero-order valence-corrected chi connectivity index (χ0v) is 15.5. The first kappa shape index (κ1) is 18.1. The Morgan fingerprint density at radius 1 is 1.19 bits per heavy atom. The summed E-state index contributed by atoms with van der Waals surface area (Å²) in [5.74, 6) is -0.381. The fourth-order valence-electron chi connectivity index (χ4n) is 3.96. The summed E-state index contributed by atoms with van der Waals surface area (Å²) in [6.07, 6.45) is 3.81. The maximum absolute atomic E-state index is 13.2. The molecule has 2 aliphatic heterocycles. The Morgan fingerprint density at radius 2 is 2.00 bits per heavy atom. The number of amides is 1. The minimum atomic E-state index is -0.384. The first-order valence-corrected chi connectivity index (χ1v) is 9.37. The van der Waals surface area contributed by atoms with Gasteiger partial charge in [-0.15, -0.1) is 0 Å². The van der Waals surface area contributed by atoms with E-state index in [2.05, 4.69) is 22.0 Å². The van der Waals surface area contributed by atoms with Gasteiger partial charge in [0.05, 0.1) is 17.8 Å². The molecule has 0 N–H and O–H groups in total. The Labute approximate surface area is 158 Å². The number of ether oxygens (including phenoxy) is 1. The molecular formula is C21H24FN3O2. The molecule has 1 amide bonds. The van der Waals surface area contributed by atoms with Crippen LogP contribution in [0.4, 0.5) is 10.1 Å². The van der Waals surface area contributed by atoms with E-state index < -0.39 is 0 Å². The molecule has 27 heavy (non-hydrogen) atoms. The van der Waals surface area contributed by atoms with E-state index in [-0.39, 0.29) is 23.9 Å². The largest absolute Gasteiger partial charge is 0.362 e. The monoisotopic (exact) mass is 369 g/mol. The first-order valence-electron chi connectivity index (χ1n) is 9.37. The summed E-state index contributed by atoms with van der Waals surface area (Å²) < 4.78 is 19.3. The molecule has 1 atom stereocenters. The second-order valence-corrected chi connectivity index (χ2v) is 7.57. The summed E-state index contributed by atoms with van der Waals surface area (Å²) in [5.41, 5.74) is 2.53. The molecule has 3 heterocycles. The molecule has 0 radical (unpaired) electrons. The lowest BCUT2D eigenvalue weighted by Crippen LogP contribution is -2.61. The number of hydrogen-bond acceptors (Lipinski definition) is 4. The zero-order chi connectivity index (χ0) is 18.9. The van der Waals surface area contributed by atoms with Crippen LogP contribution in [-0.4, -0.2) is 47.6 Å². The van der Waals surface area contributed by atoms with Gasteiger partial charge in [0, 0.05) is 25.0 Å². The Balaban J connectivity index is 1.48. The van der Waals surface area contributed by atoms with Crippen LogP contribution in [0, 0.1) is 12.7 Å². The number of aromatic nitrogens is 1. The van der Waals surface area contributed by atoms with Gasteiger partial charge in [0.1, 0.15) is 12.4 Å². The molecular weight excluding hydrogens is 345 g/mol. The first-order chi connectivity index (χ1) is 13.0. The van der Waals surface area contributed by atoms with Crippen molar-refractivity contribution in [3.63, 3.8) is 0 Å². The number of rotatable bonds is 3. The van der Waals surface area contributed by atoms with Crippen LogP contribution in [0.15, 0.2) is 42.6 Å². The van der Waals surface area contributed by atoms with Gasteiger partial charge in [0.2, 0.25) is 0 Å². The molecule has 2 fully saturated rings. The molecule has 2 aromatic rings. The summed E-state index contributed by atoms with van der Waals surface area (Å²) in [6, 6.07) is 10.2. The van der Waals surface area contributed by atoms with Crippen LogP contribution < -0.4 is 4.90 Å². The van der Waals surface area contributed by atoms with E-state index >= 15 is 0 Å². The molecule has 4 rings (SSSR count). The highest BCUT2D eigenvalue weighted by molar-refractivity contribution is 5.95. The number of pyridine rings is 1. The summed E-state index contributed by atoms with van der Waals surface area (Å²) in [7, 11) is 0. The van der Waals surface area contributed by atoms with Gasteiger partial charge in [-0.1, -0.05) is 6.07 Å². The second kappa shape index (κ2) is 7.37. The molecule has 0 saturated carbocycles. The zero-order valence-electron chi connectivity index (χ0n) is 15.5. The number of carbonyl (C=O) groups is 1. The third-order valence-electron chi connectivity index (χ3n) is 5.36. The van der Waals surface area contributed by atoms with Gasteiger partial charge in [-0.05, 0) is 62.2 Å². The number of carbonyl (C=O) groups excluding carboxylic acids is 1. The van der Waals surface area contributed by atoms with E-state index in [4.69, 9.17) is 4.74 Å². The Bertz CT molecular complexity index is 809. The normalized spacial score (nSPS) is 23.8. The second-order valence-electron chi connectivity index (χ2n) is 7.57. The van der Waals surface area contributed by atoms with Crippen LogP contribution in [-0.2, 0) is 16.1 Å². The van der Waals surface area contributed by atoms with E-state index in [0.717, 1.165) is 49.4 Å². The van der Waals surface area contributed by atoms with E-state index in [1.165, 1.54) is 12.1 Å². The maximum Gasteiger partial charge on any atom is 0.253 e. The smallest absolute Gasteiger partial charge is 0.253 e. The number of anilines is 1. The number of hydrogen-bond donors (Lipinski definition) is 0. The van der Waals surface area contributed by atoms with Crippen LogP contribution in [0.1, 0.15) is 24.1 Å². The molecule has 1 aromatic carbocycles. The van der Waals surface area contributed by atoms with Crippen molar-refractivity contribution in [3.05, 3.63) is 59.7 Å². The van der Waals surface area contributed by atoms with Gasteiger partial charge in [-0.25, -0.2) is 4.39 Å². The summed E-state index contributed by atoms with van der Waals surface area (Å²) in [6.45, 7) is 5.11. The van der Waals surface area contributed by atoms with Gasteiger partial charge in [0.25, 0.3) is 5.91 Å². The van der Waals surface area contributed by atoms with Gasteiger partial charge in [-0.3, -0.25) is 14.7 Å².